The van der Waals surface area contributed by atoms with Crippen LogP contribution in [0.1, 0.15) is 13.2 Å². The van der Waals surface area contributed by atoms with Gasteiger partial charge in [-0.05, 0) is 31.2 Å². The third-order valence-corrected chi connectivity index (χ3v) is 4.81. The maximum Gasteiger partial charge on any atom is 0.324 e. The van der Waals surface area contributed by atoms with E-state index < -0.39 is 42.3 Å². The molecular formula is C19H20FN7O5. The molecule has 2 aromatic heterocycles. The van der Waals surface area contributed by atoms with E-state index >= 15 is 0 Å². The molecule has 4 unspecified atom stereocenters. The molecule has 1 aliphatic rings. The van der Waals surface area contributed by atoms with Crippen LogP contribution in [0.5, 0.6) is 0 Å². The molecule has 3 heterocycles. The number of likely N-dealkylation sites (N-methyl/N-ethyl adjacent to an activating group) is 1. The van der Waals surface area contributed by atoms with Gasteiger partial charge in [-0.3, -0.25) is 14.7 Å². The molecule has 13 heteroatoms. The van der Waals surface area contributed by atoms with Crippen LogP contribution in [-0.4, -0.2) is 66.5 Å². The van der Waals surface area contributed by atoms with Gasteiger partial charge in [-0.1, -0.05) is 0 Å². The van der Waals surface area contributed by atoms with Crippen molar-refractivity contribution < 1.29 is 28.9 Å². The Morgan fingerprint density at radius 1 is 1.12 bits per heavy atom. The predicted molar refractivity (Wildman–Crippen MR) is 109 cm³/mol. The maximum absolute atomic E-state index is 13.0. The number of nitrogens with one attached hydrogen (secondary N) is 3. The molecule has 1 saturated heterocycles. The molecule has 168 valence electrons. The fraction of sp³-hybridized carbons (Fsp3) is 0.316. The fourth-order valence-corrected chi connectivity index (χ4v) is 3.31. The summed E-state index contributed by atoms with van der Waals surface area (Å²) >= 11 is 0. The maximum atomic E-state index is 13.0. The number of ether oxygens (including phenoxy) is 1. The first-order valence-electron chi connectivity index (χ1n) is 9.69. The number of imidazole rings is 1. The molecule has 1 fully saturated rings. The number of aliphatic hydroxyl groups is 2. The van der Waals surface area contributed by atoms with Gasteiger partial charge in [0.2, 0.25) is 0 Å². The zero-order chi connectivity index (χ0) is 22.8. The minimum atomic E-state index is -1.45. The van der Waals surface area contributed by atoms with Crippen LogP contribution in [0.4, 0.5) is 20.7 Å². The van der Waals surface area contributed by atoms with E-state index in [4.69, 9.17) is 4.74 Å². The monoisotopic (exact) mass is 445 g/mol. The highest BCUT2D eigenvalue weighted by Gasteiger charge is 2.47. The summed E-state index contributed by atoms with van der Waals surface area (Å²) in [6.45, 7) is 2.05. The average Bonchev–Trinajstić information content (AvgIpc) is 3.32. The van der Waals surface area contributed by atoms with Gasteiger partial charge >= 0.3 is 6.03 Å². The number of benzene rings is 1. The summed E-state index contributed by atoms with van der Waals surface area (Å²) in [4.78, 5) is 36.7. The van der Waals surface area contributed by atoms with E-state index in [1.54, 1.807) is 6.92 Å². The number of halogens is 1. The van der Waals surface area contributed by atoms with Gasteiger partial charge in [0.25, 0.3) is 5.91 Å². The minimum absolute atomic E-state index is 0.0710. The first kappa shape index (κ1) is 21.5. The molecule has 3 amide bonds. The molecule has 0 bridgehead atoms. The standard InChI is InChI=1S/C19H20FN7O5/c1-2-21-17(30)14-12(28)13(29)18(32-14)27-8-24-11-15(22-7-23-16(11)27)26-19(31)25-10-5-3-9(20)4-6-10/h3-8,12-14,18,28-29H,2H2,1H3,(H,21,30)(H2,22,23,25,26,31). The number of hydrogen-bond donors (Lipinski definition) is 5. The van der Waals surface area contributed by atoms with Crippen LogP contribution in [0, 0.1) is 5.82 Å². The van der Waals surface area contributed by atoms with Crippen molar-refractivity contribution in [2.75, 3.05) is 17.2 Å². The van der Waals surface area contributed by atoms with Crippen LogP contribution in [-0.2, 0) is 9.53 Å². The quantitative estimate of drug-likeness (QED) is 0.376. The van der Waals surface area contributed by atoms with Crippen LogP contribution >= 0.6 is 0 Å². The number of carbonyl (C=O) groups is 2. The van der Waals surface area contributed by atoms with Gasteiger partial charge in [-0.25, -0.2) is 24.1 Å². The Labute approximate surface area is 180 Å². The minimum Gasteiger partial charge on any atom is -0.387 e. The van der Waals surface area contributed by atoms with Gasteiger partial charge in [-0.2, -0.15) is 0 Å². The topological polar surface area (TPSA) is 164 Å². The number of hydrogen-bond acceptors (Lipinski definition) is 8. The lowest BCUT2D eigenvalue weighted by Crippen LogP contribution is -2.42. The van der Waals surface area contributed by atoms with Crippen molar-refractivity contribution in [3.8, 4) is 0 Å². The molecule has 32 heavy (non-hydrogen) atoms. The Kier molecular flexibility index (Phi) is 5.94. The van der Waals surface area contributed by atoms with Crippen molar-refractivity contribution in [1.29, 1.82) is 0 Å². The van der Waals surface area contributed by atoms with Crippen molar-refractivity contribution in [2.45, 2.75) is 31.5 Å². The second kappa shape index (κ2) is 8.82. The molecule has 5 N–H and O–H groups in total. The zero-order valence-corrected chi connectivity index (χ0v) is 16.8. The summed E-state index contributed by atoms with van der Waals surface area (Å²) in [6.07, 6.45) is -2.82. The van der Waals surface area contributed by atoms with Crippen molar-refractivity contribution in [3.05, 3.63) is 42.7 Å². The van der Waals surface area contributed by atoms with Crippen molar-refractivity contribution >= 4 is 34.6 Å². The fourth-order valence-electron chi connectivity index (χ4n) is 3.31. The molecule has 12 nitrogen and oxygen atoms in total. The lowest BCUT2D eigenvalue weighted by Gasteiger charge is -2.16. The van der Waals surface area contributed by atoms with Gasteiger partial charge in [0, 0.05) is 12.2 Å². The van der Waals surface area contributed by atoms with E-state index in [0.29, 0.717) is 12.2 Å². The lowest BCUT2D eigenvalue weighted by atomic mass is 10.1. The first-order valence-corrected chi connectivity index (χ1v) is 9.69. The summed E-state index contributed by atoms with van der Waals surface area (Å²) in [5.41, 5.74) is 0.756. The number of carbonyl (C=O) groups excluding carboxylic acids is 2. The Bertz CT molecular complexity index is 1140. The second-order valence-corrected chi connectivity index (χ2v) is 6.96. The van der Waals surface area contributed by atoms with Gasteiger partial charge in [0.05, 0.1) is 6.33 Å². The van der Waals surface area contributed by atoms with Gasteiger partial charge in [0.15, 0.2) is 29.3 Å². The molecule has 0 aliphatic carbocycles. The third-order valence-electron chi connectivity index (χ3n) is 4.81. The predicted octanol–water partition coefficient (Wildman–Crippen LogP) is 0.365. The Morgan fingerprint density at radius 2 is 1.88 bits per heavy atom. The summed E-state index contributed by atoms with van der Waals surface area (Å²) in [6, 6.07) is 4.56. The number of urea groups is 1. The van der Waals surface area contributed by atoms with Crippen LogP contribution in [0.2, 0.25) is 0 Å². The summed E-state index contributed by atoms with van der Waals surface area (Å²) in [7, 11) is 0. The number of aliphatic hydroxyl groups excluding tert-OH is 2. The molecule has 4 rings (SSSR count). The summed E-state index contributed by atoms with van der Waals surface area (Å²) < 4.78 is 19.9. The highest BCUT2D eigenvalue weighted by atomic mass is 19.1. The van der Waals surface area contributed by atoms with Crippen LogP contribution in [0.3, 0.4) is 0 Å². The van der Waals surface area contributed by atoms with E-state index in [1.165, 1.54) is 41.5 Å². The van der Waals surface area contributed by atoms with Gasteiger partial charge < -0.3 is 25.6 Å². The van der Waals surface area contributed by atoms with Crippen LogP contribution in [0.25, 0.3) is 11.2 Å². The normalized spacial score (nSPS) is 22.6. The summed E-state index contributed by atoms with van der Waals surface area (Å²) in [5, 5.41) is 28.3. The molecule has 0 saturated carbocycles. The second-order valence-electron chi connectivity index (χ2n) is 6.96. The smallest absolute Gasteiger partial charge is 0.324 e. The molecule has 0 spiro atoms. The van der Waals surface area contributed by atoms with E-state index in [1.807, 2.05) is 0 Å². The van der Waals surface area contributed by atoms with Crippen LogP contribution in [0.15, 0.2) is 36.9 Å². The lowest BCUT2D eigenvalue weighted by molar-refractivity contribution is -0.137. The average molecular weight is 445 g/mol. The Balaban J connectivity index is 1.55. The third kappa shape index (κ3) is 4.08. The molecular weight excluding hydrogens is 425 g/mol. The largest absolute Gasteiger partial charge is 0.387 e. The number of anilines is 2. The number of aromatic nitrogens is 4. The zero-order valence-electron chi connectivity index (χ0n) is 16.8. The molecule has 4 atom stereocenters. The highest BCUT2D eigenvalue weighted by molar-refractivity contribution is 6.02. The molecule has 3 aromatic rings. The molecule has 1 aromatic carbocycles. The van der Waals surface area contributed by atoms with E-state index in [0.717, 1.165) is 0 Å². The summed E-state index contributed by atoms with van der Waals surface area (Å²) in [5.74, 6) is -0.919. The van der Waals surface area contributed by atoms with Crippen molar-refractivity contribution in [2.24, 2.45) is 0 Å². The highest BCUT2D eigenvalue weighted by Crippen LogP contribution is 2.32. The number of nitrogens with zero attached hydrogens (tertiary/aromatic N) is 4. The van der Waals surface area contributed by atoms with E-state index in [9.17, 15) is 24.2 Å². The van der Waals surface area contributed by atoms with Crippen molar-refractivity contribution in [3.63, 3.8) is 0 Å². The van der Waals surface area contributed by atoms with Crippen LogP contribution < -0.4 is 16.0 Å². The Morgan fingerprint density at radius 3 is 2.59 bits per heavy atom. The SMILES string of the molecule is CCNC(=O)C1OC(n2cnc3c(NC(=O)Nc4ccc(F)cc4)ncnc32)C(O)C1O. The van der Waals surface area contributed by atoms with E-state index in [-0.39, 0.29) is 17.0 Å². The molecule has 1 aliphatic heterocycles. The van der Waals surface area contributed by atoms with Gasteiger partial charge in [-0.15, -0.1) is 0 Å². The van der Waals surface area contributed by atoms with E-state index in [2.05, 4.69) is 30.9 Å². The number of fused-ring (bicyclic) bond motifs is 1. The first-order chi connectivity index (χ1) is 15.4. The van der Waals surface area contributed by atoms with Gasteiger partial charge in [0.1, 0.15) is 24.4 Å². The number of rotatable bonds is 5. The Hall–Kier alpha value is -3.68. The molecule has 0 radical (unpaired) electrons. The van der Waals surface area contributed by atoms with Crippen molar-refractivity contribution in [1.82, 2.24) is 24.8 Å². The number of amides is 3.